The number of hydrogen-bond acceptors (Lipinski definition) is 3. The topological polar surface area (TPSA) is 53.1 Å². The number of unbranched alkanes of at least 4 members (excludes halogenated alkanes) is 1. The van der Waals surface area contributed by atoms with E-state index in [1.54, 1.807) is 0 Å². The van der Waals surface area contributed by atoms with Crippen LogP contribution in [0.4, 0.5) is 5.82 Å². The van der Waals surface area contributed by atoms with Crippen LogP contribution in [0, 0.1) is 13.8 Å². The molecule has 0 bridgehead atoms. The SMILES string of the molecule is Cc1cccc(OCCCCn2nc(N)cc2C)c1. The lowest BCUT2D eigenvalue weighted by Gasteiger charge is -2.07. The first-order chi connectivity index (χ1) is 9.15. The van der Waals surface area contributed by atoms with Crippen molar-refractivity contribution in [2.24, 2.45) is 0 Å². The number of nitrogens with two attached hydrogens (primary N) is 1. The molecule has 1 aromatic carbocycles. The molecule has 102 valence electrons. The predicted molar refractivity (Wildman–Crippen MR) is 77.3 cm³/mol. The van der Waals surface area contributed by atoms with E-state index in [1.165, 1.54) is 5.56 Å². The molecule has 1 heterocycles. The van der Waals surface area contributed by atoms with Crippen molar-refractivity contribution >= 4 is 5.82 Å². The Bertz CT molecular complexity index is 534. The third-order valence-electron chi connectivity index (χ3n) is 3.02. The molecule has 0 saturated carbocycles. The predicted octanol–water partition coefficient (Wildman–Crippen LogP) is 2.94. The molecule has 0 aliphatic carbocycles. The molecule has 0 fully saturated rings. The Morgan fingerprint density at radius 3 is 2.74 bits per heavy atom. The molecule has 0 unspecified atom stereocenters. The van der Waals surface area contributed by atoms with Crippen LogP contribution in [-0.4, -0.2) is 16.4 Å². The summed E-state index contributed by atoms with van der Waals surface area (Å²) >= 11 is 0. The molecule has 2 rings (SSSR count). The monoisotopic (exact) mass is 259 g/mol. The molecule has 2 aromatic rings. The molecule has 2 N–H and O–H groups in total. The molecule has 0 spiro atoms. The van der Waals surface area contributed by atoms with Crippen molar-refractivity contribution in [3.8, 4) is 5.75 Å². The maximum Gasteiger partial charge on any atom is 0.145 e. The summed E-state index contributed by atoms with van der Waals surface area (Å²) in [5, 5.41) is 4.23. The van der Waals surface area contributed by atoms with E-state index in [-0.39, 0.29) is 0 Å². The van der Waals surface area contributed by atoms with Crippen LogP contribution >= 0.6 is 0 Å². The van der Waals surface area contributed by atoms with Gasteiger partial charge in [-0.2, -0.15) is 5.10 Å². The second-order valence-electron chi connectivity index (χ2n) is 4.81. The molecule has 4 nitrogen and oxygen atoms in total. The van der Waals surface area contributed by atoms with Gasteiger partial charge < -0.3 is 10.5 Å². The Balaban J connectivity index is 1.69. The number of aryl methyl sites for hydroxylation is 3. The average Bonchev–Trinajstić information content (AvgIpc) is 2.68. The molecule has 0 aliphatic heterocycles. The van der Waals surface area contributed by atoms with Crippen LogP contribution in [0.5, 0.6) is 5.75 Å². The van der Waals surface area contributed by atoms with Crippen LogP contribution in [-0.2, 0) is 6.54 Å². The van der Waals surface area contributed by atoms with Gasteiger partial charge in [0.2, 0.25) is 0 Å². The van der Waals surface area contributed by atoms with Crippen LogP contribution in [0.2, 0.25) is 0 Å². The molecule has 0 radical (unpaired) electrons. The standard InChI is InChI=1S/C15H21N3O/c1-12-6-5-7-14(10-12)19-9-4-3-8-18-13(2)11-15(16)17-18/h5-7,10-11H,3-4,8-9H2,1-2H3,(H2,16,17). The van der Waals surface area contributed by atoms with Crippen molar-refractivity contribution in [3.63, 3.8) is 0 Å². The maximum atomic E-state index is 5.71. The van der Waals surface area contributed by atoms with Crippen LogP contribution in [0.3, 0.4) is 0 Å². The summed E-state index contributed by atoms with van der Waals surface area (Å²) in [7, 11) is 0. The number of anilines is 1. The number of rotatable bonds is 6. The lowest BCUT2D eigenvalue weighted by molar-refractivity contribution is 0.301. The third kappa shape index (κ3) is 4.02. The zero-order chi connectivity index (χ0) is 13.7. The molecule has 0 atom stereocenters. The fourth-order valence-electron chi connectivity index (χ4n) is 2.02. The van der Waals surface area contributed by atoms with Crippen LogP contribution in [0.15, 0.2) is 30.3 Å². The summed E-state index contributed by atoms with van der Waals surface area (Å²) in [6.07, 6.45) is 2.04. The number of ether oxygens (including phenoxy) is 1. The van der Waals surface area contributed by atoms with E-state index in [2.05, 4.69) is 24.2 Å². The van der Waals surface area contributed by atoms with Crippen molar-refractivity contribution in [1.29, 1.82) is 0 Å². The summed E-state index contributed by atoms with van der Waals surface area (Å²) in [5.74, 6) is 1.54. The highest BCUT2D eigenvalue weighted by atomic mass is 16.5. The van der Waals surface area contributed by atoms with Gasteiger partial charge in [-0.3, -0.25) is 4.68 Å². The van der Waals surface area contributed by atoms with Gasteiger partial charge in [0.05, 0.1) is 6.61 Å². The Hall–Kier alpha value is -1.97. The molecular weight excluding hydrogens is 238 g/mol. The Morgan fingerprint density at radius 2 is 2.05 bits per heavy atom. The minimum atomic E-state index is 0.591. The van der Waals surface area contributed by atoms with E-state index in [1.807, 2.05) is 29.8 Å². The molecule has 0 saturated heterocycles. The first-order valence-corrected chi connectivity index (χ1v) is 6.64. The number of nitrogen functional groups attached to an aromatic ring is 1. The zero-order valence-electron chi connectivity index (χ0n) is 11.6. The van der Waals surface area contributed by atoms with E-state index in [4.69, 9.17) is 10.5 Å². The average molecular weight is 259 g/mol. The Morgan fingerprint density at radius 1 is 1.21 bits per heavy atom. The van der Waals surface area contributed by atoms with Gasteiger partial charge in [0, 0.05) is 18.3 Å². The second-order valence-corrected chi connectivity index (χ2v) is 4.81. The first kappa shape index (κ1) is 13.5. The molecule has 4 heteroatoms. The lowest BCUT2D eigenvalue weighted by Crippen LogP contribution is -2.05. The van der Waals surface area contributed by atoms with Crippen molar-refractivity contribution in [2.75, 3.05) is 12.3 Å². The first-order valence-electron chi connectivity index (χ1n) is 6.64. The van der Waals surface area contributed by atoms with Crippen LogP contribution < -0.4 is 10.5 Å². The number of nitrogens with zero attached hydrogens (tertiary/aromatic N) is 2. The maximum absolute atomic E-state index is 5.71. The summed E-state index contributed by atoms with van der Waals surface area (Å²) in [4.78, 5) is 0. The third-order valence-corrected chi connectivity index (χ3v) is 3.02. The number of aromatic nitrogens is 2. The highest BCUT2D eigenvalue weighted by molar-refractivity contribution is 5.28. The highest BCUT2D eigenvalue weighted by Gasteiger charge is 2.01. The van der Waals surface area contributed by atoms with Gasteiger partial charge in [-0.1, -0.05) is 12.1 Å². The van der Waals surface area contributed by atoms with Crippen molar-refractivity contribution in [1.82, 2.24) is 9.78 Å². The molecule has 1 aromatic heterocycles. The van der Waals surface area contributed by atoms with Gasteiger partial charge in [0.15, 0.2) is 0 Å². The van der Waals surface area contributed by atoms with Gasteiger partial charge >= 0.3 is 0 Å². The minimum Gasteiger partial charge on any atom is -0.494 e. The zero-order valence-corrected chi connectivity index (χ0v) is 11.6. The Labute approximate surface area is 114 Å². The van der Waals surface area contributed by atoms with E-state index in [9.17, 15) is 0 Å². The molecular formula is C15H21N3O. The summed E-state index contributed by atoms with van der Waals surface area (Å²) in [5.41, 5.74) is 7.97. The van der Waals surface area contributed by atoms with E-state index < -0.39 is 0 Å². The van der Waals surface area contributed by atoms with Crippen molar-refractivity contribution in [3.05, 3.63) is 41.6 Å². The van der Waals surface area contributed by atoms with Gasteiger partial charge in [0.25, 0.3) is 0 Å². The smallest absolute Gasteiger partial charge is 0.145 e. The normalized spacial score (nSPS) is 10.6. The number of benzene rings is 1. The largest absolute Gasteiger partial charge is 0.494 e. The summed E-state index contributed by atoms with van der Waals surface area (Å²) in [6.45, 7) is 5.71. The fraction of sp³-hybridized carbons (Fsp3) is 0.400. The quantitative estimate of drug-likeness (QED) is 0.811. The minimum absolute atomic E-state index is 0.591. The van der Waals surface area contributed by atoms with E-state index in [0.717, 1.165) is 37.4 Å². The Kier molecular flexibility index (Phi) is 4.44. The summed E-state index contributed by atoms with van der Waals surface area (Å²) in [6, 6.07) is 10.0. The van der Waals surface area contributed by atoms with Crippen molar-refractivity contribution < 1.29 is 4.74 Å². The molecule has 19 heavy (non-hydrogen) atoms. The van der Waals surface area contributed by atoms with Gasteiger partial charge in [-0.15, -0.1) is 0 Å². The lowest BCUT2D eigenvalue weighted by atomic mass is 10.2. The fourth-order valence-corrected chi connectivity index (χ4v) is 2.02. The van der Waals surface area contributed by atoms with E-state index >= 15 is 0 Å². The highest BCUT2D eigenvalue weighted by Crippen LogP contribution is 2.13. The van der Waals surface area contributed by atoms with Gasteiger partial charge in [0.1, 0.15) is 11.6 Å². The van der Waals surface area contributed by atoms with E-state index in [0.29, 0.717) is 5.82 Å². The molecule has 0 amide bonds. The van der Waals surface area contributed by atoms with Crippen LogP contribution in [0.25, 0.3) is 0 Å². The van der Waals surface area contributed by atoms with Crippen molar-refractivity contribution in [2.45, 2.75) is 33.2 Å². The van der Waals surface area contributed by atoms with Crippen LogP contribution in [0.1, 0.15) is 24.1 Å². The summed E-state index contributed by atoms with van der Waals surface area (Å²) < 4.78 is 7.65. The number of hydrogen-bond donors (Lipinski definition) is 1. The van der Waals surface area contributed by atoms with Gasteiger partial charge in [-0.05, 0) is 44.4 Å². The van der Waals surface area contributed by atoms with Gasteiger partial charge in [-0.25, -0.2) is 0 Å². The molecule has 0 aliphatic rings. The second kappa shape index (κ2) is 6.27.